The highest BCUT2D eigenvalue weighted by molar-refractivity contribution is 5.91. The van der Waals surface area contributed by atoms with Crippen LogP contribution in [0.3, 0.4) is 0 Å². The monoisotopic (exact) mass is 325 g/mol. The summed E-state index contributed by atoms with van der Waals surface area (Å²) in [6, 6.07) is 16.2. The van der Waals surface area contributed by atoms with Crippen LogP contribution in [0.1, 0.15) is 24.8 Å². The van der Waals surface area contributed by atoms with E-state index in [0.717, 1.165) is 24.8 Å². The van der Waals surface area contributed by atoms with Crippen molar-refractivity contribution in [3.05, 3.63) is 66.0 Å². The van der Waals surface area contributed by atoms with Gasteiger partial charge in [0.05, 0.1) is 12.0 Å². The maximum atomic E-state index is 13.3. The molecule has 4 rings (SSSR count). The molecular weight excluding hydrogens is 305 g/mol. The van der Waals surface area contributed by atoms with Gasteiger partial charge in [-0.1, -0.05) is 36.4 Å². The molecule has 1 atom stereocenters. The first kappa shape index (κ1) is 15.2. The van der Waals surface area contributed by atoms with E-state index in [0.29, 0.717) is 18.8 Å². The molecule has 1 saturated heterocycles. The van der Waals surface area contributed by atoms with E-state index in [4.69, 9.17) is 4.74 Å². The Morgan fingerprint density at radius 1 is 1.12 bits per heavy atom. The Kier molecular flexibility index (Phi) is 3.75. The molecule has 2 aromatic rings. The summed E-state index contributed by atoms with van der Waals surface area (Å²) in [5, 5.41) is 0. The van der Waals surface area contributed by atoms with Crippen molar-refractivity contribution in [1.82, 2.24) is 4.90 Å². The third-order valence-corrected chi connectivity index (χ3v) is 5.02. The van der Waals surface area contributed by atoms with Crippen molar-refractivity contribution in [2.45, 2.75) is 30.8 Å². The number of hydrogen-bond acceptors (Lipinski definition) is 2. The second-order valence-corrected chi connectivity index (χ2v) is 6.69. The molecule has 3 nitrogen and oxygen atoms in total. The molecule has 2 aliphatic rings. The first-order chi connectivity index (χ1) is 11.7. The second kappa shape index (κ2) is 5.93. The van der Waals surface area contributed by atoms with Crippen LogP contribution >= 0.6 is 0 Å². The molecule has 0 aromatic heterocycles. The van der Waals surface area contributed by atoms with Crippen LogP contribution in [0.15, 0.2) is 54.6 Å². The molecular formula is C20H20FNO2. The number of carbonyl (C=O) groups excluding carboxylic acids is 1. The van der Waals surface area contributed by atoms with Crippen LogP contribution in [0.25, 0.3) is 0 Å². The van der Waals surface area contributed by atoms with E-state index in [2.05, 4.69) is 0 Å². The molecule has 1 amide bonds. The van der Waals surface area contributed by atoms with Gasteiger partial charge in [0.15, 0.2) is 0 Å². The fourth-order valence-electron chi connectivity index (χ4n) is 3.55. The van der Waals surface area contributed by atoms with Gasteiger partial charge in [0.25, 0.3) is 0 Å². The fourth-order valence-corrected chi connectivity index (χ4v) is 3.55. The van der Waals surface area contributed by atoms with Gasteiger partial charge in [0.1, 0.15) is 17.7 Å². The van der Waals surface area contributed by atoms with Crippen LogP contribution in [-0.2, 0) is 10.2 Å². The van der Waals surface area contributed by atoms with Crippen molar-refractivity contribution in [3.8, 4) is 5.75 Å². The first-order valence-electron chi connectivity index (χ1n) is 8.44. The number of halogens is 1. The lowest BCUT2D eigenvalue weighted by Crippen LogP contribution is -2.38. The SMILES string of the molecule is O=C(N1CCC(Oc2cccc(F)c2)C1)C1(c2ccccc2)CC1. The Morgan fingerprint density at radius 3 is 2.62 bits per heavy atom. The van der Waals surface area contributed by atoms with Crippen LogP contribution < -0.4 is 4.74 Å². The van der Waals surface area contributed by atoms with Crippen LogP contribution in [-0.4, -0.2) is 30.0 Å². The van der Waals surface area contributed by atoms with Crippen molar-refractivity contribution in [2.75, 3.05) is 13.1 Å². The van der Waals surface area contributed by atoms with Gasteiger partial charge in [-0.3, -0.25) is 4.79 Å². The molecule has 1 aliphatic carbocycles. The summed E-state index contributed by atoms with van der Waals surface area (Å²) < 4.78 is 19.1. The zero-order chi connectivity index (χ0) is 16.6. The highest BCUT2D eigenvalue weighted by atomic mass is 19.1. The summed E-state index contributed by atoms with van der Waals surface area (Å²) in [5.41, 5.74) is 0.791. The van der Waals surface area contributed by atoms with Crippen LogP contribution in [0.4, 0.5) is 4.39 Å². The molecule has 0 spiro atoms. The average molecular weight is 325 g/mol. The van der Waals surface area contributed by atoms with E-state index < -0.39 is 0 Å². The van der Waals surface area contributed by atoms with Gasteiger partial charge in [-0.15, -0.1) is 0 Å². The van der Waals surface area contributed by atoms with E-state index in [-0.39, 0.29) is 23.2 Å². The van der Waals surface area contributed by atoms with Crippen molar-refractivity contribution in [1.29, 1.82) is 0 Å². The molecule has 1 aliphatic heterocycles. The summed E-state index contributed by atoms with van der Waals surface area (Å²) in [7, 11) is 0. The lowest BCUT2D eigenvalue weighted by molar-refractivity contribution is -0.133. The number of ether oxygens (including phenoxy) is 1. The maximum Gasteiger partial charge on any atom is 0.233 e. The molecule has 0 N–H and O–H groups in total. The number of amides is 1. The molecule has 2 aromatic carbocycles. The minimum absolute atomic E-state index is 0.0673. The molecule has 24 heavy (non-hydrogen) atoms. The van der Waals surface area contributed by atoms with Crippen LogP contribution in [0, 0.1) is 5.82 Å². The van der Waals surface area contributed by atoms with Crippen molar-refractivity contribution >= 4 is 5.91 Å². The lowest BCUT2D eigenvalue weighted by Gasteiger charge is -2.23. The predicted octanol–water partition coefficient (Wildman–Crippen LogP) is 3.54. The Balaban J connectivity index is 1.43. The summed E-state index contributed by atoms with van der Waals surface area (Å²) >= 11 is 0. The second-order valence-electron chi connectivity index (χ2n) is 6.69. The van der Waals surface area contributed by atoms with E-state index in [9.17, 15) is 9.18 Å². The molecule has 124 valence electrons. The molecule has 4 heteroatoms. The molecule has 0 bridgehead atoms. The smallest absolute Gasteiger partial charge is 0.233 e. The van der Waals surface area contributed by atoms with Gasteiger partial charge < -0.3 is 9.64 Å². The standard InChI is InChI=1S/C20H20FNO2/c21-16-7-4-8-17(13-16)24-18-9-12-22(14-18)19(23)20(10-11-20)15-5-2-1-3-6-15/h1-8,13,18H,9-12,14H2. The highest BCUT2D eigenvalue weighted by Gasteiger charge is 2.53. The van der Waals surface area contributed by atoms with Crippen molar-refractivity contribution in [3.63, 3.8) is 0 Å². The quantitative estimate of drug-likeness (QED) is 0.860. The predicted molar refractivity (Wildman–Crippen MR) is 89.4 cm³/mol. The van der Waals surface area contributed by atoms with E-state index in [1.54, 1.807) is 12.1 Å². The van der Waals surface area contributed by atoms with Gasteiger partial charge >= 0.3 is 0 Å². The van der Waals surface area contributed by atoms with Gasteiger partial charge in [0.2, 0.25) is 5.91 Å². The summed E-state index contributed by atoms with van der Waals surface area (Å²) in [6.45, 7) is 1.28. The molecule has 1 heterocycles. The van der Waals surface area contributed by atoms with E-state index in [1.807, 2.05) is 35.2 Å². The zero-order valence-electron chi connectivity index (χ0n) is 13.5. The van der Waals surface area contributed by atoms with E-state index >= 15 is 0 Å². The van der Waals surface area contributed by atoms with Gasteiger partial charge in [-0.2, -0.15) is 0 Å². The molecule has 0 radical (unpaired) electrons. The Labute approximate surface area is 141 Å². The van der Waals surface area contributed by atoms with Crippen LogP contribution in [0.2, 0.25) is 0 Å². The Hall–Kier alpha value is -2.36. The summed E-state index contributed by atoms with van der Waals surface area (Å²) in [6.07, 6.45) is 2.55. The topological polar surface area (TPSA) is 29.5 Å². The zero-order valence-corrected chi connectivity index (χ0v) is 13.5. The average Bonchev–Trinajstić information content (AvgIpc) is 3.29. The van der Waals surface area contributed by atoms with Crippen LogP contribution in [0.5, 0.6) is 5.75 Å². The first-order valence-corrected chi connectivity index (χ1v) is 8.44. The van der Waals surface area contributed by atoms with Gasteiger partial charge in [0, 0.05) is 19.0 Å². The summed E-state index contributed by atoms with van der Waals surface area (Å²) in [4.78, 5) is 14.9. The maximum absolute atomic E-state index is 13.3. The van der Waals surface area contributed by atoms with Gasteiger partial charge in [-0.25, -0.2) is 4.39 Å². The minimum atomic E-state index is -0.324. The third-order valence-electron chi connectivity index (χ3n) is 5.02. The van der Waals surface area contributed by atoms with Crippen molar-refractivity contribution < 1.29 is 13.9 Å². The van der Waals surface area contributed by atoms with Crippen molar-refractivity contribution in [2.24, 2.45) is 0 Å². The van der Waals surface area contributed by atoms with Gasteiger partial charge in [-0.05, 0) is 30.5 Å². The Morgan fingerprint density at radius 2 is 1.92 bits per heavy atom. The highest BCUT2D eigenvalue weighted by Crippen LogP contribution is 2.50. The number of rotatable bonds is 4. The number of carbonyl (C=O) groups is 1. The largest absolute Gasteiger partial charge is 0.488 e. The lowest BCUT2D eigenvalue weighted by atomic mass is 9.94. The Bertz CT molecular complexity index is 742. The number of nitrogens with zero attached hydrogens (tertiary/aromatic N) is 1. The normalized spacial score (nSPS) is 21.5. The van der Waals surface area contributed by atoms with E-state index in [1.165, 1.54) is 12.1 Å². The molecule has 2 fully saturated rings. The number of benzene rings is 2. The molecule has 1 saturated carbocycles. The number of hydrogen-bond donors (Lipinski definition) is 0. The fraction of sp³-hybridized carbons (Fsp3) is 0.350. The summed E-state index contributed by atoms with van der Waals surface area (Å²) in [5.74, 6) is 0.428. The minimum Gasteiger partial charge on any atom is -0.488 e. The number of likely N-dealkylation sites (tertiary alicyclic amines) is 1. The third kappa shape index (κ3) is 2.77. The molecule has 1 unspecified atom stereocenters.